The molecule has 24 heavy (non-hydrogen) atoms. The van der Waals surface area contributed by atoms with Crippen LogP contribution in [-0.2, 0) is 23.9 Å². The summed E-state index contributed by atoms with van der Waals surface area (Å²) in [6, 6.07) is -1.29. The van der Waals surface area contributed by atoms with Crippen LogP contribution >= 0.6 is 12.4 Å². The number of ether oxygens (including phenoxy) is 1. The average molecular weight is 373 g/mol. The molecule has 0 unspecified atom stereocenters. The number of halogens is 1. The Morgan fingerprint density at radius 2 is 1.58 bits per heavy atom. The number of hydrogen-bond donors (Lipinski definition) is 3. The summed E-state index contributed by atoms with van der Waals surface area (Å²) < 4.78 is 5.39. The summed E-state index contributed by atoms with van der Waals surface area (Å²) in [6.45, 7) is 1.71. The lowest BCUT2D eigenvalue weighted by atomic mass is 10.2. The van der Waals surface area contributed by atoms with Gasteiger partial charge in [-0.15, -0.1) is 12.4 Å². The van der Waals surface area contributed by atoms with Gasteiger partial charge in [-0.2, -0.15) is 0 Å². The summed E-state index contributed by atoms with van der Waals surface area (Å²) in [5, 5.41) is 26.4. The van der Waals surface area contributed by atoms with Gasteiger partial charge in [0.1, 0.15) is 12.6 Å². The van der Waals surface area contributed by atoms with E-state index in [1.165, 1.54) is 6.92 Å². The van der Waals surface area contributed by atoms with Gasteiger partial charge in [0.15, 0.2) is 6.10 Å². The van der Waals surface area contributed by atoms with Crippen molar-refractivity contribution >= 4 is 36.3 Å². The van der Waals surface area contributed by atoms with E-state index in [0.29, 0.717) is 11.0 Å². The maximum absolute atomic E-state index is 10.7. The number of rotatable bonds is 8. The van der Waals surface area contributed by atoms with E-state index < -0.39 is 42.4 Å². The fraction of sp³-hybridized carbons (Fsp3) is 0.692. The quantitative estimate of drug-likeness (QED) is 0.324. The standard InChI is InChI=1S/C9H17NO4.C4H7NO4.ClH/c1-7(11)14-8(5-9(12)13)6-10(2,3)4;5-2(4(8)9)1-3(6)7;/h8H,5-6H2,1-4H3;2H,1,5H2,(H,6,7)(H,8,9);1H/t8-;2-;/m10./s1. The van der Waals surface area contributed by atoms with Gasteiger partial charge in [0.2, 0.25) is 0 Å². The van der Waals surface area contributed by atoms with Gasteiger partial charge < -0.3 is 35.1 Å². The molecule has 11 heteroatoms. The molecule has 0 aliphatic heterocycles. The molecule has 0 aliphatic carbocycles. The monoisotopic (exact) mass is 372 g/mol. The van der Waals surface area contributed by atoms with E-state index >= 15 is 0 Å². The minimum Gasteiger partial charge on any atom is -0.550 e. The molecule has 10 nitrogen and oxygen atoms in total. The van der Waals surface area contributed by atoms with Gasteiger partial charge in [0.25, 0.3) is 0 Å². The lowest BCUT2D eigenvalue weighted by Gasteiger charge is -2.28. The average Bonchev–Trinajstić information content (AvgIpc) is 2.23. The summed E-state index contributed by atoms with van der Waals surface area (Å²) >= 11 is 0. The van der Waals surface area contributed by atoms with Gasteiger partial charge in [-0.05, 0) is 0 Å². The Hall–Kier alpha value is -1.91. The van der Waals surface area contributed by atoms with E-state index in [0.717, 1.165) is 0 Å². The van der Waals surface area contributed by atoms with E-state index in [1.807, 2.05) is 21.1 Å². The second-order valence-electron chi connectivity index (χ2n) is 5.82. The van der Waals surface area contributed by atoms with Crippen molar-refractivity contribution in [2.45, 2.75) is 31.9 Å². The Kier molecular flexibility index (Phi) is 14.0. The van der Waals surface area contributed by atoms with Crippen LogP contribution in [0, 0.1) is 0 Å². The minimum absolute atomic E-state index is 0. The van der Waals surface area contributed by atoms with Crippen LogP contribution in [0.2, 0.25) is 0 Å². The molecule has 0 saturated carbocycles. The zero-order valence-corrected chi connectivity index (χ0v) is 14.9. The molecule has 0 aromatic carbocycles. The van der Waals surface area contributed by atoms with Crippen molar-refractivity contribution in [3.8, 4) is 0 Å². The van der Waals surface area contributed by atoms with Crippen molar-refractivity contribution in [3.63, 3.8) is 0 Å². The Morgan fingerprint density at radius 3 is 1.79 bits per heavy atom. The van der Waals surface area contributed by atoms with Gasteiger partial charge in [-0.25, -0.2) is 0 Å². The van der Waals surface area contributed by atoms with E-state index in [-0.39, 0.29) is 18.8 Å². The number of likely N-dealkylation sites (N-methyl/N-ethyl adjacent to an activating group) is 1. The number of aliphatic carboxylic acids is 3. The highest BCUT2D eigenvalue weighted by molar-refractivity contribution is 5.85. The van der Waals surface area contributed by atoms with Crippen LogP contribution in [0.5, 0.6) is 0 Å². The molecule has 2 atom stereocenters. The summed E-state index contributed by atoms with van der Waals surface area (Å²) in [4.78, 5) is 40.7. The lowest BCUT2D eigenvalue weighted by molar-refractivity contribution is -0.873. The maximum Gasteiger partial charge on any atom is 0.321 e. The summed E-state index contributed by atoms with van der Waals surface area (Å²) in [5.41, 5.74) is 4.84. The zero-order chi connectivity index (χ0) is 18.8. The highest BCUT2D eigenvalue weighted by Gasteiger charge is 2.20. The largest absolute Gasteiger partial charge is 0.550 e. The van der Waals surface area contributed by atoms with Crippen LogP contribution < -0.4 is 10.8 Å². The van der Waals surface area contributed by atoms with Gasteiger partial charge in [-0.3, -0.25) is 14.4 Å². The van der Waals surface area contributed by atoms with Crippen LogP contribution in [0.4, 0.5) is 0 Å². The normalized spacial score (nSPS) is 12.5. The smallest absolute Gasteiger partial charge is 0.321 e. The first kappa shape index (κ1) is 27.0. The molecular weight excluding hydrogens is 348 g/mol. The third-order valence-electron chi connectivity index (χ3n) is 2.19. The number of nitrogens with two attached hydrogens (primary N) is 1. The van der Waals surface area contributed by atoms with Crippen LogP contribution in [0.25, 0.3) is 0 Å². The molecule has 0 spiro atoms. The number of quaternary nitrogens is 1. The predicted molar refractivity (Wildman–Crippen MR) is 83.2 cm³/mol. The first-order valence-corrected chi connectivity index (χ1v) is 6.62. The maximum atomic E-state index is 10.7. The highest BCUT2D eigenvalue weighted by atomic mass is 35.5. The Morgan fingerprint density at radius 1 is 1.12 bits per heavy atom. The number of carbonyl (C=O) groups is 4. The minimum atomic E-state index is -1.29. The molecule has 0 aromatic rings. The van der Waals surface area contributed by atoms with E-state index in [4.69, 9.17) is 20.7 Å². The zero-order valence-electron chi connectivity index (χ0n) is 14.1. The molecular formula is C13H25ClN2O8. The molecule has 0 heterocycles. The van der Waals surface area contributed by atoms with Crippen molar-refractivity contribution < 1.29 is 43.7 Å². The third kappa shape index (κ3) is 20.1. The topological polar surface area (TPSA) is 167 Å². The summed E-state index contributed by atoms with van der Waals surface area (Å²) in [6.07, 6.45) is -1.40. The molecule has 0 radical (unpaired) electrons. The lowest BCUT2D eigenvalue weighted by Crippen LogP contribution is -2.45. The summed E-state index contributed by atoms with van der Waals surface area (Å²) in [7, 11) is 5.68. The van der Waals surface area contributed by atoms with Crippen molar-refractivity contribution in [3.05, 3.63) is 0 Å². The van der Waals surface area contributed by atoms with Gasteiger partial charge in [-0.1, -0.05) is 0 Å². The number of hydrogen-bond acceptors (Lipinski definition) is 7. The van der Waals surface area contributed by atoms with E-state index in [2.05, 4.69) is 0 Å². The SMILES string of the molecule is CC(=O)O[C@H](CC(=O)[O-])C[N+](C)(C)C.Cl.N[C@@H](CC(=O)O)C(=O)O. The van der Waals surface area contributed by atoms with Crippen LogP contribution in [0.15, 0.2) is 0 Å². The molecule has 4 N–H and O–H groups in total. The molecule has 0 amide bonds. The number of carbonyl (C=O) groups excluding carboxylic acids is 2. The molecule has 0 aromatic heterocycles. The Labute approximate surface area is 146 Å². The third-order valence-corrected chi connectivity index (χ3v) is 2.19. The number of carboxylic acids is 3. The Balaban J connectivity index is -0.000000385. The van der Waals surface area contributed by atoms with Gasteiger partial charge in [0.05, 0.1) is 27.6 Å². The molecule has 0 aliphatic rings. The number of carboxylic acid groups (broad SMARTS) is 3. The second kappa shape index (κ2) is 12.5. The molecule has 0 fully saturated rings. The number of esters is 1. The summed E-state index contributed by atoms with van der Waals surface area (Å²) in [5.74, 6) is -4.17. The van der Waals surface area contributed by atoms with Crippen molar-refractivity contribution in [1.29, 1.82) is 0 Å². The van der Waals surface area contributed by atoms with Crippen LogP contribution in [-0.4, -0.2) is 78.4 Å². The van der Waals surface area contributed by atoms with Crippen molar-refractivity contribution in [2.24, 2.45) is 5.73 Å². The van der Waals surface area contributed by atoms with Crippen LogP contribution in [0.3, 0.4) is 0 Å². The molecule has 142 valence electrons. The fourth-order valence-electron chi connectivity index (χ4n) is 1.45. The van der Waals surface area contributed by atoms with Crippen LogP contribution in [0.1, 0.15) is 19.8 Å². The van der Waals surface area contributed by atoms with Crippen molar-refractivity contribution in [2.75, 3.05) is 27.7 Å². The Bertz CT molecular complexity index is 420. The molecule has 0 bridgehead atoms. The first-order chi connectivity index (χ1) is 10.2. The van der Waals surface area contributed by atoms with Crippen molar-refractivity contribution in [1.82, 2.24) is 0 Å². The highest BCUT2D eigenvalue weighted by Crippen LogP contribution is 2.04. The van der Waals surface area contributed by atoms with Gasteiger partial charge in [0, 0.05) is 19.3 Å². The molecule has 0 saturated heterocycles. The fourth-order valence-corrected chi connectivity index (χ4v) is 1.45. The predicted octanol–water partition coefficient (Wildman–Crippen LogP) is -1.94. The molecule has 0 rings (SSSR count). The van der Waals surface area contributed by atoms with Gasteiger partial charge >= 0.3 is 17.9 Å². The van der Waals surface area contributed by atoms with E-state index in [9.17, 15) is 24.3 Å². The second-order valence-corrected chi connectivity index (χ2v) is 5.82. The first-order valence-electron chi connectivity index (χ1n) is 6.62. The number of nitrogens with zero attached hydrogens (tertiary/aromatic N) is 1. The van der Waals surface area contributed by atoms with E-state index in [1.54, 1.807) is 0 Å².